The topological polar surface area (TPSA) is 56.1 Å². The van der Waals surface area contributed by atoms with Gasteiger partial charge in [0.15, 0.2) is 0 Å². The van der Waals surface area contributed by atoms with Gasteiger partial charge in [0.05, 0.1) is 12.5 Å². The second kappa shape index (κ2) is 5.13. The highest BCUT2D eigenvalue weighted by Gasteiger charge is 2.34. The van der Waals surface area contributed by atoms with Crippen LogP contribution in [-0.2, 0) is 4.79 Å². The Morgan fingerprint density at radius 3 is 3.00 bits per heavy atom. The first kappa shape index (κ1) is 12.7. The molecule has 4 nitrogen and oxygen atoms in total. The van der Waals surface area contributed by atoms with Crippen molar-refractivity contribution in [2.75, 3.05) is 19.6 Å². The second-order valence-corrected chi connectivity index (χ2v) is 4.98. The first-order chi connectivity index (χ1) is 7.50. The van der Waals surface area contributed by atoms with E-state index in [0.29, 0.717) is 13.1 Å². The summed E-state index contributed by atoms with van der Waals surface area (Å²) in [6.45, 7) is 10.0. The SMILES string of the molecule is C=CCN1CC(C)(C)CNC(=O)C1CC#N. The molecule has 1 aliphatic rings. The molecule has 1 aliphatic heterocycles. The number of amides is 1. The van der Waals surface area contributed by atoms with Crippen molar-refractivity contribution in [1.82, 2.24) is 10.2 Å². The molecule has 1 fully saturated rings. The van der Waals surface area contributed by atoms with Crippen LogP contribution in [0.15, 0.2) is 12.7 Å². The standard InChI is InChI=1S/C12H19N3O/c1-4-7-15-9-12(2,3)8-14-11(16)10(15)5-6-13/h4,10H,1,5,7-9H2,2-3H3,(H,14,16). The second-order valence-electron chi connectivity index (χ2n) is 4.98. The molecule has 0 aliphatic carbocycles. The third-order valence-electron chi connectivity index (χ3n) is 2.76. The molecule has 0 spiro atoms. The lowest BCUT2D eigenvalue weighted by molar-refractivity contribution is -0.125. The zero-order valence-electron chi connectivity index (χ0n) is 9.99. The number of nitrogens with zero attached hydrogens (tertiary/aromatic N) is 2. The van der Waals surface area contributed by atoms with Gasteiger partial charge in [-0.2, -0.15) is 5.26 Å². The van der Waals surface area contributed by atoms with E-state index in [1.807, 2.05) is 4.90 Å². The summed E-state index contributed by atoms with van der Waals surface area (Å²) in [4.78, 5) is 13.9. The molecule has 16 heavy (non-hydrogen) atoms. The number of carbonyl (C=O) groups is 1. The van der Waals surface area contributed by atoms with Crippen molar-refractivity contribution < 1.29 is 4.79 Å². The average molecular weight is 221 g/mol. The molecule has 0 radical (unpaired) electrons. The Kier molecular flexibility index (Phi) is 4.08. The summed E-state index contributed by atoms with van der Waals surface area (Å²) in [6, 6.07) is 1.73. The third-order valence-corrected chi connectivity index (χ3v) is 2.76. The number of rotatable bonds is 3. The summed E-state index contributed by atoms with van der Waals surface area (Å²) < 4.78 is 0. The fourth-order valence-corrected chi connectivity index (χ4v) is 1.99. The van der Waals surface area contributed by atoms with E-state index in [2.05, 4.69) is 31.8 Å². The van der Waals surface area contributed by atoms with E-state index in [1.54, 1.807) is 6.08 Å². The zero-order valence-corrected chi connectivity index (χ0v) is 9.99. The van der Waals surface area contributed by atoms with Crippen LogP contribution in [0, 0.1) is 16.7 Å². The van der Waals surface area contributed by atoms with Gasteiger partial charge >= 0.3 is 0 Å². The van der Waals surface area contributed by atoms with Gasteiger partial charge in [-0.1, -0.05) is 19.9 Å². The molecule has 0 aromatic rings. The molecule has 1 rings (SSSR count). The van der Waals surface area contributed by atoms with E-state index < -0.39 is 0 Å². The molecular formula is C12H19N3O. The number of hydrogen-bond acceptors (Lipinski definition) is 3. The van der Waals surface area contributed by atoms with Crippen molar-refractivity contribution in [3.05, 3.63) is 12.7 Å². The Morgan fingerprint density at radius 1 is 1.75 bits per heavy atom. The Hall–Kier alpha value is -1.34. The minimum atomic E-state index is -0.343. The lowest BCUT2D eigenvalue weighted by atomic mass is 9.93. The maximum absolute atomic E-state index is 11.8. The highest BCUT2D eigenvalue weighted by molar-refractivity contribution is 5.82. The lowest BCUT2D eigenvalue weighted by Gasteiger charge is -2.30. The van der Waals surface area contributed by atoms with Crippen LogP contribution in [0.5, 0.6) is 0 Å². The maximum atomic E-state index is 11.8. The molecule has 1 unspecified atom stereocenters. The van der Waals surface area contributed by atoms with Crippen LogP contribution in [0.25, 0.3) is 0 Å². The lowest BCUT2D eigenvalue weighted by Crippen LogP contribution is -2.44. The minimum absolute atomic E-state index is 0.0306. The van der Waals surface area contributed by atoms with Crippen LogP contribution in [0.3, 0.4) is 0 Å². The summed E-state index contributed by atoms with van der Waals surface area (Å²) in [5.74, 6) is -0.0472. The Bertz CT molecular complexity index is 317. The fourth-order valence-electron chi connectivity index (χ4n) is 1.99. The predicted octanol–water partition coefficient (Wildman–Crippen LogP) is 0.913. The molecule has 4 heteroatoms. The summed E-state index contributed by atoms with van der Waals surface area (Å²) in [7, 11) is 0. The number of carbonyl (C=O) groups excluding carboxylic acids is 1. The van der Waals surface area contributed by atoms with Gasteiger partial charge in [-0.25, -0.2) is 0 Å². The summed E-state index contributed by atoms with van der Waals surface area (Å²) in [6.07, 6.45) is 2.01. The van der Waals surface area contributed by atoms with Crippen molar-refractivity contribution in [2.45, 2.75) is 26.3 Å². The van der Waals surface area contributed by atoms with E-state index in [1.165, 1.54) is 0 Å². The van der Waals surface area contributed by atoms with Crippen LogP contribution in [-0.4, -0.2) is 36.5 Å². The van der Waals surface area contributed by atoms with Crippen LogP contribution in [0.4, 0.5) is 0 Å². The normalized spacial score (nSPS) is 25.3. The number of nitrogens with one attached hydrogen (secondary N) is 1. The van der Waals surface area contributed by atoms with Crippen LogP contribution in [0.1, 0.15) is 20.3 Å². The molecule has 1 amide bonds. The molecule has 0 aromatic heterocycles. The highest BCUT2D eigenvalue weighted by atomic mass is 16.2. The summed E-state index contributed by atoms with van der Waals surface area (Å²) in [5, 5.41) is 11.7. The first-order valence-corrected chi connectivity index (χ1v) is 5.50. The van der Waals surface area contributed by atoms with E-state index in [-0.39, 0.29) is 23.8 Å². The van der Waals surface area contributed by atoms with Crippen molar-refractivity contribution in [1.29, 1.82) is 5.26 Å². The van der Waals surface area contributed by atoms with E-state index in [0.717, 1.165) is 6.54 Å². The van der Waals surface area contributed by atoms with Gasteiger partial charge in [-0.15, -0.1) is 6.58 Å². The molecular weight excluding hydrogens is 202 g/mol. The average Bonchev–Trinajstić information content (AvgIpc) is 2.30. The van der Waals surface area contributed by atoms with Gasteiger partial charge in [0, 0.05) is 19.6 Å². The summed E-state index contributed by atoms with van der Waals surface area (Å²) in [5.41, 5.74) is 0.0306. The van der Waals surface area contributed by atoms with Crippen molar-refractivity contribution in [3.8, 4) is 6.07 Å². The van der Waals surface area contributed by atoms with E-state index in [9.17, 15) is 4.79 Å². The quantitative estimate of drug-likeness (QED) is 0.721. The molecule has 1 heterocycles. The fraction of sp³-hybridized carbons (Fsp3) is 0.667. The van der Waals surface area contributed by atoms with Crippen molar-refractivity contribution >= 4 is 5.91 Å². The van der Waals surface area contributed by atoms with Crippen LogP contribution >= 0.6 is 0 Å². The Labute approximate surface area is 96.9 Å². The monoisotopic (exact) mass is 221 g/mol. The Morgan fingerprint density at radius 2 is 2.44 bits per heavy atom. The van der Waals surface area contributed by atoms with Gasteiger partial charge in [0.25, 0.3) is 0 Å². The number of hydrogen-bond donors (Lipinski definition) is 1. The van der Waals surface area contributed by atoms with Gasteiger partial charge in [-0.3, -0.25) is 9.69 Å². The smallest absolute Gasteiger partial charge is 0.238 e. The molecule has 1 atom stereocenters. The Balaban J connectivity index is 2.88. The molecule has 0 aromatic carbocycles. The van der Waals surface area contributed by atoms with Crippen LogP contribution in [0.2, 0.25) is 0 Å². The number of nitriles is 1. The third kappa shape index (κ3) is 3.07. The molecule has 0 bridgehead atoms. The van der Waals surface area contributed by atoms with Crippen LogP contribution < -0.4 is 5.32 Å². The van der Waals surface area contributed by atoms with Gasteiger partial charge in [0.2, 0.25) is 5.91 Å². The van der Waals surface area contributed by atoms with Gasteiger partial charge < -0.3 is 5.32 Å². The van der Waals surface area contributed by atoms with Crippen molar-refractivity contribution in [2.24, 2.45) is 5.41 Å². The molecule has 88 valence electrons. The molecule has 1 N–H and O–H groups in total. The van der Waals surface area contributed by atoms with E-state index >= 15 is 0 Å². The largest absolute Gasteiger partial charge is 0.354 e. The first-order valence-electron chi connectivity index (χ1n) is 5.50. The maximum Gasteiger partial charge on any atom is 0.238 e. The van der Waals surface area contributed by atoms with Crippen molar-refractivity contribution in [3.63, 3.8) is 0 Å². The zero-order chi connectivity index (χ0) is 12.2. The minimum Gasteiger partial charge on any atom is -0.354 e. The highest BCUT2D eigenvalue weighted by Crippen LogP contribution is 2.21. The van der Waals surface area contributed by atoms with E-state index in [4.69, 9.17) is 5.26 Å². The summed E-state index contributed by atoms with van der Waals surface area (Å²) >= 11 is 0. The van der Waals surface area contributed by atoms with Gasteiger partial charge in [0.1, 0.15) is 6.04 Å². The van der Waals surface area contributed by atoms with Gasteiger partial charge in [-0.05, 0) is 5.41 Å². The predicted molar refractivity (Wildman–Crippen MR) is 62.6 cm³/mol. The molecule has 1 saturated heterocycles. The molecule has 0 saturated carbocycles.